The number of phenols is 1. The summed E-state index contributed by atoms with van der Waals surface area (Å²) < 4.78 is 0.745. The Bertz CT molecular complexity index is 874. The lowest BCUT2D eigenvalue weighted by Crippen LogP contribution is -2.09. The molecule has 1 aromatic carbocycles. The Labute approximate surface area is 121 Å². The van der Waals surface area contributed by atoms with Crippen LogP contribution in [0.1, 0.15) is 9.67 Å². The van der Waals surface area contributed by atoms with E-state index in [0.717, 1.165) is 21.6 Å². The molecule has 8 heteroatoms. The number of carboxylic acid groups (broad SMARTS) is 1. The third-order valence-corrected chi connectivity index (χ3v) is 4.02. The fraction of sp³-hybridized carbons (Fsp3) is 0. The van der Waals surface area contributed by atoms with Gasteiger partial charge < -0.3 is 10.2 Å². The molecule has 0 aliphatic carbocycles. The van der Waals surface area contributed by atoms with Crippen molar-refractivity contribution in [2.24, 2.45) is 0 Å². The first kappa shape index (κ1) is 13.1. The number of nitrogens with zero attached hydrogens (tertiary/aromatic N) is 1. The zero-order chi connectivity index (χ0) is 15.1. The topological polar surface area (TPSA) is 109 Å². The summed E-state index contributed by atoms with van der Waals surface area (Å²) in [6, 6.07) is 7.80. The van der Waals surface area contributed by atoms with E-state index in [9.17, 15) is 24.6 Å². The van der Waals surface area contributed by atoms with Crippen LogP contribution in [0.25, 0.3) is 10.4 Å². The number of anilines is 1. The lowest BCUT2D eigenvalue weighted by molar-refractivity contribution is 0.0703. The molecule has 0 saturated heterocycles. The van der Waals surface area contributed by atoms with Crippen LogP contribution in [-0.4, -0.2) is 20.9 Å². The maximum absolute atomic E-state index is 11.2. The molecular formula is C13H8N2O5S. The number of thiophene rings is 1. The fourth-order valence-electron chi connectivity index (χ4n) is 1.76. The highest BCUT2D eigenvalue weighted by Crippen LogP contribution is 2.35. The van der Waals surface area contributed by atoms with Crippen molar-refractivity contribution in [3.8, 4) is 16.2 Å². The monoisotopic (exact) mass is 304 g/mol. The Kier molecular flexibility index (Phi) is 2.88. The molecule has 0 saturated carbocycles. The van der Waals surface area contributed by atoms with Crippen LogP contribution in [0, 0.1) is 0 Å². The van der Waals surface area contributed by atoms with Crippen molar-refractivity contribution in [3.05, 3.63) is 55.9 Å². The Morgan fingerprint density at radius 3 is 2.29 bits per heavy atom. The second kappa shape index (κ2) is 4.60. The molecule has 106 valence electrons. The minimum absolute atomic E-state index is 0.00873. The molecular weight excluding hydrogens is 296 g/mol. The Hall–Kier alpha value is -2.87. The quantitative estimate of drug-likeness (QED) is 0.623. The van der Waals surface area contributed by atoms with Crippen molar-refractivity contribution < 1.29 is 15.0 Å². The Morgan fingerprint density at radius 2 is 1.76 bits per heavy atom. The van der Waals surface area contributed by atoms with Gasteiger partial charge >= 0.3 is 17.1 Å². The van der Waals surface area contributed by atoms with Crippen molar-refractivity contribution in [2.75, 3.05) is 5.43 Å². The number of hydrogen-bond acceptors (Lipinski definition) is 6. The van der Waals surface area contributed by atoms with Crippen molar-refractivity contribution in [1.29, 1.82) is 0 Å². The van der Waals surface area contributed by atoms with Gasteiger partial charge in [0.1, 0.15) is 10.6 Å². The predicted octanol–water partition coefficient (Wildman–Crippen LogP) is 1.09. The third-order valence-electron chi connectivity index (χ3n) is 2.85. The molecule has 3 aromatic rings. The number of aromatic carboxylic acids is 1. The molecule has 0 spiro atoms. The highest BCUT2D eigenvalue weighted by molar-refractivity contribution is 7.18. The first-order valence-electron chi connectivity index (χ1n) is 5.79. The van der Waals surface area contributed by atoms with E-state index in [1.807, 2.05) is 0 Å². The molecule has 3 N–H and O–H groups in total. The fourth-order valence-corrected chi connectivity index (χ4v) is 2.71. The third kappa shape index (κ3) is 2.32. The number of aromatic nitrogens is 1. The lowest BCUT2D eigenvalue weighted by atomic mass is 10.2. The highest BCUT2D eigenvalue weighted by Gasteiger charge is 2.22. The summed E-state index contributed by atoms with van der Waals surface area (Å²) in [5.41, 5.74) is 1.97. The van der Waals surface area contributed by atoms with Crippen molar-refractivity contribution in [2.45, 2.75) is 0 Å². The second-order valence-corrected chi connectivity index (χ2v) is 5.32. The minimum atomic E-state index is -1.16. The maximum atomic E-state index is 11.2. The highest BCUT2D eigenvalue weighted by atomic mass is 32.1. The van der Waals surface area contributed by atoms with Crippen LogP contribution in [0.15, 0.2) is 39.9 Å². The summed E-state index contributed by atoms with van der Waals surface area (Å²) in [4.78, 5) is 33.8. The molecule has 0 atom stereocenters. The van der Waals surface area contributed by atoms with E-state index in [4.69, 9.17) is 0 Å². The molecule has 7 nitrogen and oxygen atoms in total. The first-order chi connectivity index (χ1) is 9.97. The summed E-state index contributed by atoms with van der Waals surface area (Å²) in [5.74, 6) is -1.05. The van der Waals surface area contributed by atoms with Gasteiger partial charge in [0.2, 0.25) is 0 Å². The summed E-state index contributed by atoms with van der Waals surface area (Å²) >= 11 is 1.01. The zero-order valence-corrected chi connectivity index (χ0v) is 11.2. The average molecular weight is 304 g/mol. The molecule has 0 amide bonds. The first-order valence-corrected chi connectivity index (χ1v) is 6.60. The summed E-state index contributed by atoms with van der Waals surface area (Å²) in [7, 11) is 0. The lowest BCUT2D eigenvalue weighted by Gasteiger charge is -1.98. The van der Waals surface area contributed by atoms with Gasteiger partial charge in [0.25, 0.3) is 0 Å². The van der Waals surface area contributed by atoms with E-state index in [-0.39, 0.29) is 16.3 Å². The largest absolute Gasteiger partial charge is 0.508 e. The molecule has 0 aliphatic heterocycles. The number of hydrogen-bond donors (Lipinski definition) is 3. The van der Waals surface area contributed by atoms with Crippen LogP contribution in [-0.2, 0) is 0 Å². The van der Waals surface area contributed by atoms with Gasteiger partial charge in [-0.1, -0.05) is 0 Å². The molecule has 2 aromatic heterocycles. The molecule has 21 heavy (non-hydrogen) atoms. The predicted molar refractivity (Wildman–Crippen MR) is 76.7 cm³/mol. The van der Waals surface area contributed by atoms with Gasteiger partial charge in [-0.3, -0.25) is 15.0 Å². The Morgan fingerprint density at radius 1 is 1.14 bits per heavy atom. The summed E-state index contributed by atoms with van der Waals surface area (Å²) in [5, 5.41) is 18.4. The molecule has 3 rings (SSSR count). The molecule has 0 aliphatic rings. The van der Waals surface area contributed by atoms with Gasteiger partial charge in [0.05, 0.1) is 5.69 Å². The average Bonchev–Trinajstić information content (AvgIpc) is 2.88. The van der Waals surface area contributed by atoms with Gasteiger partial charge in [0, 0.05) is 4.88 Å². The number of benzene rings is 1. The number of carboxylic acids is 1. The molecule has 0 bridgehead atoms. The van der Waals surface area contributed by atoms with Gasteiger partial charge in [0.15, 0.2) is 0 Å². The summed E-state index contributed by atoms with van der Waals surface area (Å²) in [6.07, 6.45) is 0. The molecule has 0 radical (unpaired) electrons. The molecule has 0 fully saturated rings. The van der Waals surface area contributed by atoms with E-state index < -0.39 is 17.1 Å². The van der Waals surface area contributed by atoms with Crippen molar-refractivity contribution in [3.63, 3.8) is 0 Å². The number of phenolic OH excluding ortho intramolecular Hbond substituents is 1. The van der Waals surface area contributed by atoms with Crippen LogP contribution < -0.4 is 16.5 Å². The van der Waals surface area contributed by atoms with Crippen molar-refractivity contribution >= 4 is 23.0 Å². The number of nitrogens with one attached hydrogen (secondary N) is 1. The van der Waals surface area contributed by atoms with E-state index in [1.54, 1.807) is 18.2 Å². The zero-order valence-electron chi connectivity index (χ0n) is 10.4. The summed E-state index contributed by atoms with van der Waals surface area (Å²) in [6.45, 7) is 0. The van der Waals surface area contributed by atoms with E-state index in [0.29, 0.717) is 4.88 Å². The molecule has 2 heterocycles. The minimum Gasteiger partial charge on any atom is -0.508 e. The van der Waals surface area contributed by atoms with Crippen LogP contribution in [0.5, 0.6) is 5.75 Å². The van der Waals surface area contributed by atoms with Crippen LogP contribution in [0.4, 0.5) is 5.69 Å². The van der Waals surface area contributed by atoms with E-state index in [1.165, 1.54) is 12.1 Å². The van der Waals surface area contributed by atoms with Gasteiger partial charge in [-0.2, -0.15) is 4.68 Å². The van der Waals surface area contributed by atoms with Crippen LogP contribution >= 0.6 is 11.3 Å². The van der Waals surface area contributed by atoms with Crippen molar-refractivity contribution in [1.82, 2.24) is 4.68 Å². The van der Waals surface area contributed by atoms with Crippen LogP contribution in [0.3, 0.4) is 0 Å². The smallest absolute Gasteiger partial charge is 0.348 e. The SMILES string of the molecule is O=C(O)c1sc(-c2ccc(O)cc2)cc1Nn1c(=O)c1=O. The van der Waals surface area contributed by atoms with Gasteiger partial charge in [-0.05, 0) is 35.9 Å². The normalized spacial score (nSPS) is 10.9. The van der Waals surface area contributed by atoms with E-state index in [2.05, 4.69) is 5.43 Å². The Balaban J connectivity index is 2.02. The number of rotatable bonds is 4. The number of carbonyl (C=O) groups is 1. The second-order valence-electron chi connectivity index (χ2n) is 4.26. The standard InChI is InChI=1S/C13H8N2O5S/c16-7-3-1-6(2-4-7)9-5-8(10(21-9)13(19)20)14-15-11(17)12(15)18/h1-5,14,16H,(H,19,20). The molecule has 0 unspecified atom stereocenters. The number of aromatic hydroxyl groups is 1. The van der Waals surface area contributed by atoms with Crippen LogP contribution in [0.2, 0.25) is 0 Å². The van der Waals surface area contributed by atoms with Gasteiger partial charge in [-0.15, -0.1) is 11.3 Å². The van der Waals surface area contributed by atoms with E-state index >= 15 is 0 Å². The maximum Gasteiger partial charge on any atom is 0.348 e. The van der Waals surface area contributed by atoms with Gasteiger partial charge in [-0.25, -0.2) is 4.79 Å².